The van der Waals surface area contributed by atoms with Crippen LogP contribution in [0.4, 0.5) is 18.0 Å². The molecule has 0 unspecified atom stereocenters. The molecule has 11 heteroatoms. The summed E-state index contributed by atoms with van der Waals surface area (Å²) < 4.78 is 45.1. The molecule has 45 heavy (non-hydrogen) atoms. The lowest BCUT2D eigenvalue weighted by Crippen LogP contribution is -2.74. The molecule has 234 valence electrons. The van der Waals surface area contributed by atoms with Crippen LogP contribution in [0, 0.1) is 0 Å². The van der Waals surface area contributed by atoms with Gasteiger partial charge in [0.15, 0.2) is 0 Å². The number of hydrogen-bond donors (Lipinski definition) is 1. The highest BCUT2D eigenvalue weighted by Gasteiger charge is 2.57. The normalized spacial score (nSPS) is 20.6. The first kappa shape index (κ1) is 31.5. The van der Waals surface area contributed by atoms with Crippen LogP contribution in [0.25, 0.3) is 6.08 Å². The molecule has 1 N–H and O–H groups in total. The molecule has 4 atom stereocenters. The summed E-state index contributed by atoms with van der Waals surface area (Å²) in [6, 6.07) is 19.6. The third-order valence-corrected chi connectivity index (χ3v) is 7.96. The number of Topliss-reactive ketones (excluding diaryl/α,β-unsaturated/α-hetero) is 1. The van der Waals surface area contributed by atoms with E-state index in [-0.39, 0.29) is 37.3 Å². The molecule has 3 amide bonds. The van der Waals surface area contributed by atoms with E-state index >= 15 is 0 Å². The lowest BCUT2D eigenvalue weighted by Gasteiger charge is -2.52. The summed E-state index contributed by atoms with van der Waals surface area (Å²) >= 11 is 0. The second-order valence-corrected chi connectivity index (χ2v) is 11.0. The molecule has 0 aromatic heterocycles. The van der Waals surface area contributed by atoms with Crippen LogP contribution in [0.1, 0.15) is 48.1 Å². The predicted octanol–water partition coefficient (Wildman–Crippen LogP) is 5.55. The second kappa shape index (κ2) is 13.4. The molecule has 2 saturated heterocycles. The van der Waals surface area contributed by atoms with E-state index < -0.39 is 53.8 Å². The van der Waals surface area contributed by atoms with Gasteiger partial charge >= 0.3 is 12.3 Å². The van der Waals surface area contributed by atoms with Gasteiger partial charge < -0.3 is 19.7 Å². The molecule has 2 fully saturated rings. The molecule has 0 aliphatic carbocycles. The molecular formula is C34H32F3N3O5. The highest BCUT2D eigenvalue weighted by Crippen LogP contribution is 2.39. The van der Waals surface area contributed by atoms with E-state index in [0.717, 1.165) is 23.3 Å². The summed E-state index contributed by atoms with van der Waals surface area (Å²) in [6.45, 7) is 1.20. The Balaban J connectivity index is 1.44. The van der Waals surface area contributed by atoms with Gasteiger partial charge in [0.2, 0.25) is 11.8 Å². The number of ketones is 1. The number of nitrogens with one attached hydrogen (secondary N) is 1. The van der Waals surface area contributed by atoms with Crippen LogP contribution < -0.4 is 5.32 Å². The van der Waals surface area contributed by atoms with E-state index in [9.17, 15) is 32.3 Å². The average Bonchev–Trinajstić information content (AvgIpc) is 3.40. The molecule has 0 radical (unpaired) electrons. The summed E-state index contributed by atoms with van der Waals surface area (Å²) in [4.78, 5) is 55.4. The Hall–Kier alpha value is -4.93. The van der Waals surface area contributed by atoms with Gasteiger partial charge in [0.05, 0.1) is 17.6 Å². The smallest absolute Gasteiger partial charge is 0.416 e. The second-order valence-electron chi connectivity index (χ2n) is 11.0. The van der Waals surface area contributed by atoms with Crippen molar-refractivity contribution in [3.8, 4) is 0 Å². The molecule has 2 heterocycles. The third kappa shape index (κ3) is 7.08. The minimum atomic E-state index is -4.55. The quantitative estimate of drug-likeness (QED) is 0.284. The SMILES string of the molecule is CC(=O)CC[C@H](C(=O)NCc1cccc(C(F)(F)F)c1)N1C(=O)[C@@H](N2C(=O)OC[C@@H]2c2ccccc2)[C@H]1/C=C/c1ccccc1. The van der Waals surface area contributed by atoms with Crippen LogP contribution in [0.3, 0.4) is 0 Å². The lowest BCUT2D eigenvalue weighted by molar-refractivity contribution is -0.163. The number of amides is 3. The number of likely N-dealkylation sites (tertiary alicyclic amines) is 1. The molecular weight excluding hydrogens is 587 g/mol. The minimum absolute atomic E-state index is 0.00947. The number of ether oxygens (including phenoxy) is 1. The Morgan fingerprint density at radius 2 is 1.69 bits per heavy atom. The predicted molar refractivity (Wildman–Crippen MR) is 159 cm³/mol. The topological polar surface area (TPSA) is 96.0 Å². The first-order chi connectivity index (χ1) is 21.5. The van der Waals surface area contributed by atoms with Gasteiger partial charge in [-0.15, -0.1) is 0 Å². The van der Waals surface area contributed by atoms with Crippen LogP contribution >= 0.6 is 0 Å². The zero-order valence-electron chi connectivity index (χ0n) is 24.4. The molecule has 0 spiro atoms. The number of alkyl halides is 3. The van der Waals surface area contributed by atoms with Crippen molar-refractivity contribution in [1.82, 2.24) is 15.1 Å². The van der Waals surface area contributed by atoms with Crippen LogP contribution in [0.15, 0.2) is 91.0 Å². The van der Waals surface area contributed by atoms with Crippen molar-refractivity contribution in [2.24, 2.45) is 0 Å². The number of cyclic esters (lactones) is 1. The number of nitrogens with zero attached hydrogens (tertiary/aromatic N) is 2. The van der Waals surface area contributed by atoms with Gasteiger partial charge in [-0.25, -0.2) is 4.79 Å². The highest BCUT2D eigenvalue weighted by molar-refractivity contribution is 5.98. The van der Waals surface area contributed by atoms with Gasteiger partial charge in [0, 0.05) is 13.0 Å². The summed E-state index contributed by atoms with van der Waals surface area (Å²) in [6.07, 6.45) is -1.69. The molecule has 2 aliphatic heterocycles. The number of β-lactam (4-membered cyclic amide) rings is 1. The zero-order valence-corrected chi connectivity index (χ0v) is 24.4. The maximum Gasteiger partial charge on any atom is 0.416 e. The lowest BCUT2D eigenvalue weighted by atomic mass is 9.87. The van der Waals surface area contributed by atoms with Gasteiger partial charge in [-0.1, -0.05) is 84.9 Å². The number of carbonyl (C=O) groups excluding carboxylic acids is 4. The number of benzene rings is 3. The summed E-state index contributed by atoms with van der Waals surface area (Å²) in [5.41, 5.74) is 0.989. The van der Waals surface area contributed by atoms with E-state index in [1.54, 1.807) is 12.2 Å². The number of rotatable bonds is 11. The Morgan fingerprint density at radius 3 is 2.36 bits per heavy atom. The first-order valence-electron chi connectivity index (χ1n) is 14.5. The van der Waals surface area contributed by atoms with Crippen molar-refractivity contribution in [2.45, 2.75) is 56.7 Å². The zero-order chi connectivity index (χ0) is 32.1. The van der Waals surface area contributed by atoms with E-state index in [4.69, 9.17) is 4.74 Å². The summed E-state index contributed by atoms with van der Waals surface area (Å²) in [5.74, 6) is -1.32. The molecule has 0 bridgehead atoms. The van der Waals surface area contributed by atoms with E-state index in [1.165, 1.54) is 28.9 Å². The van der Waals surface area contributed by atoms with Crippen LogP contribution in [-0.2, 0) is 31.8 Å². The fourth-order valence-corrected chi connectivity index (χ4v) is 5.71. The third-order valence-electron chi connectivity index (χ3n) is 7.96. The fraction of sp³-hybridized carbons (Fsp3) is 0.294. The van der Waals surface area contributed by atoms with E-state index in [2.05, 4.69) is 5.32 Å². The number of hydrogen-bond acceptors (Lipinski definition) is 5. The maximum atomic E-state index is 14.0. The standard InChI is InChI=1S/C34H32F3N3O5/c1-22(41)15-17-28(31(42)38-20-24-11-8-14-26(19-24)34(35,36)37)39-27(18-16-23-9-4-2-5-10-23)30(32(39)43)40-29(21-45-33(40)44)25-12-6-3-7-13-25/h2-14,16,18-19,27-30H,15,17,20-21H2,1H3,(H,38,42)/b18-16+/t27-,28-,29-,30+/m1/s1. The van der Waals surface area contributed by atoms with E-state index in [1.807, 2.05) is 60.7 Å². The van der Waals surface area contributed by atoms with Gasteiger partial charge in [-0.2, -0.15) is 13.2 Å². The van der Waals surface area contributed by atoms with Crippen LogP contribution in [-0.4, -0.2) is 58.2 Å². The monoisotopic (exact) mass is 619 g/mol. The molecule has 3 aromatic carbocycles. The Bertz CT molecular complexity index is 1580. The minimum Gasteiger partial charge on any atom is -0.447 e. The fourth-order valence-electron chi connectivity index (χ4n) is 5.71. The van der Waals surface area contributed by atoms with Crippen molar-refractivity contribution in [3.63, 3.8) is 0 Å². The molecule has 3 aromatic rings. The van der Waals surface area contributed by atoms with Crippen LogP contribution in [0.5, 0.6) is 0 Å². The van der Waals surface area contributed by atoms with E-state index in [0.29, 0.717) is 0 Å². The summed E-state index contributed by atoms with van der Waals surface area (Å²) in [5, 5.41) is 2.65. The van der Waals surface area contributed by atoms with Crippen molar-refractivity contribution < 1.29 is 37.1 Å². The number of carbonyl (C=O) groups is 4. The van der Waals surface area contributed by atoms with Gasteiger partial charge in [0.25, 0.3) is 0 Å². The van der Waals surface area contributed by atoms with Gasteiger partial charge in [-0.05, 0) is 42.2 Å². The van der Waals surface area contributed by atoms with Crippen molar-refractivity contribution in [3.05, 3.63) is 113 Å². The first-order valence-corrected chi connectivity index (χ1v) is 14.5. The van der Waals surface area contributed by atoms with Crippen molar-refractivity contribution >= 4 is 29.8 Å². The van der Waals surface area contributed by atoms with Gasteiger partial charge in [-0.3, -0.25) is 14.5 Å². The Labute approximate surface area is 258 Å². The van der Waals surface area contributed by atoms with Gasteiger partial charge in [0.1, 0.15) is 24.5 Å². The summed E-state index contributed by atoms with van der Waals surface area (Å²) in [7, 11) is 0. The van der Waals surface area contributed by atoms with Crippen molar-refractivity contribution in [2.75, 3.05) is 6.61 Å². The highest BCUT2D eigenvalue weighted by atomic mass is 19.4. The Kier molecular flexibility index (Phi) is 9.36. The average molecular weight is 620 g/mol. The van der Waals surface area contributed by atoms with Crippen LogP contribution in [0.2, 0.25) is 0 Å². The largest absolute Gasteiger partial charge is 0.447 e. The molecule has 5 rings (SSSR count). The number of halogens is 3. The van der Waals surface area contributed by atoms with Crippen molar-refractivity contribution in [1.29, 1.82) is 0 Å². The Morgan fingerprint density at radius 1 is 1.00 bits per heavy atom. The maximum absolute atomic E-state index is 14.0. The molecule has 8 nitrogen and oxygen atoms in total. The molecule has 0 saturated carbocycles. The molecule has 2 aliphatic rings.